The van der Waals surface area contributed by atoms with Gasteiger partial charge in [0.2, 0.25) is 5.91 Å². The average molecular weight is 399 g/mol. The van der Waals surface area contributed by atoms with Crippen molar-refractivity contribution in [1.82, 2.24) is 5.32 Å². The highest BCUT2D eigenvalue weighted by molar-refractivity contribution is 5.73. The highest BCUT2D eigenvalue weighted by atomic mass is 16.7. The smallest absolute Gasteiger partial charge is 0.217 e. The van der Waals surface area contributed by atoms with Crippen LogP contribution in [0.3, 0.4) is 0 Å². The molecule has 2 fully saturated rings. The molecule has 2 aromatic rings. The van der Waals surface area contributed by atoms with Crippen molar-refractivity contribution in [2.24, 2.45) is 0 Å². The van der Waals surface area contributed by atoms with E-state index in [1.165, 1.54) is 6.92 Å². The van der Waals surface area contributed by atoms with Gasteiger partial charge in [-0.25, -0.2) is 0 Å². The van der Waals surface area contributed by atoms with E-state index in [9.17, 15) is 9.90 Å². The van der Waals surface area contributed by atoms with Crippen LogP contribution in [0.2, 0.25) is 0 Å². The monoisotopic (exact) mass is 399 g/mol. The minimum absolute atomic E-state index is 0.249. The molecule has 0 aromatic heterocycles. The third-order valence-electron chi connectivity index (χ3n) is 5.06. The first-order valence-corrected chi connectivity index (χ1v) is 9.70. The number of rotatable bonds is 5. The summed E-state index contributed by atoms with van der Waals surface area (Å²) in [5.74, 6) is -0.281. The molecule has 2 saturated heterocycles. The van der Waals surface area contributed by atoms with Gasteiger partial charge in [-0.15, -0.1) is 0 Å². The van der Waals surface area contributed by atoms with Crippen LogP contribution in [0.1, 0.15) is 24.3 Å². The SMILES string of the molecule is CC(=O)N[C@@H]1[C@H](OCc2ccccc2)O[C@H]2CO[C@@H](c3ccccc3)O[C@H]2[C@@H]1O. The Morgan fingerprint density at radius 1 is 1.10 bits per heavy atom. The third kappa shape index (κ3) is 4.66. The first kappa shape index (κ1) is 20.0. The van der Waals surface area contributed by atoms with Crippen LogP contribution in [0, 0.1) is 0 Å². The molecule has 2 aliphatic heterocycles. The number of aliphatic hydroxyl groups excluding tert-OH is 1. The number of carbonyl (C=O) groups is 1. The van der Waals surface area contributed by atoms with Crippen LogP contribution in [0.25, 0.3) is 0 Å². The van der Waals surface area contributed by atoms with Crippen LogP contribution < -0.4 is 5.32 Å². The number of ether oxygens (including phenoxy) is 4. The van der Waals surface area contributed by atoms with Crippen molar-refractivity contribution in [2.45, 2.75) is 50.5 Å². The number of aliphatic hydroxyl groups is 1. The van der Waals surface area contributed by atoms with Gasteiger partial charge in [0.1, 0.15) is 24.4 Å². The van der Waals surface area contributed by atoms with Crippen molar-refractivity contribution < 1.29 is 28.8 Å². The van der Waals surface area contributed by atoms with Crippen molar-refractivity contribution in [3.05, 3.63) is 71.8 Å². The molecule has 0 bridgehead atoms. The molecule has 0 saturated carbocycles. The molecule has 0 radical (unpaired) electrons. The second kappa shape index (κ2) is 9.02. The maximum Gasteiger partial charge on any atom is 0.217 e. The van der Waals surface area contributed by atoms with Gasteiger partial charge in [0.15, 0.2) is 12.6 Å². The summed E-state index contributed by atoms with van der Waals surface area (Å²) in [4.78, 5) is 11.7. The molecular weight excluding hydrogens is 374 g/mol. The van der Waals surface area contributed by atoms with Gasteiger partial charge in [-0.3, -0.25) is 4.79 Å². The van der Waals surface area contributed by atoms with Crippen LogP contribution in [-0.2, 0) is 30.3 Å². The van der Waals surface area contributed by atoms with Crippen molar-refractivity contribution in [1.29, 1.82) is 0 Å². The van der Waals surface area contributed by atoms with Gasteiger partial charge in [0, 0.05) is 12.5 Å². The van der Waals surface area contributed by atoms with Gasteiger partial charge < -0.3 is 29.4 Å². The quantitative estimate of drug-likeness (QED) is 0.799. The number of hydrogen-bond acceptors (Lipinski definition) is 6. The molecule has 2 aliphatic rings. The Hall–Kier alpha value is -2.29. The summed E-state index contributed by atoms with van der Waals surface area (Å²) in [6.45, 7) is 1.93. The lowest BCUT2D eigenvalue weighted by Crippen LogP contribution is -2.66. The summed E-state index contributed by atoms with van der Waals surface area (Å²) in [5, 5.41) is 13.7. The largest absolute Gasteiger partial charge is 0.388 e. The van der Waals surface area contributed by atoms with Gasteiger partial charge in [-0.1, -0.05) is 60.7 Å². The Morgan fingerprint density at radius 3 is 2.48 bits per heavy atom. The Labute approximate surface area is 169 Å². The van der Waals surface area contributed by atoms with E-state index in [1.54, 1.807) is 0 Å². The zero-order chi connectivity index (χ0) is 20.2. The second-order valence-electron chi connectivity index (χ2n) is 7.23. The Balaban J connectivity index is 1.48. The van der Waals surface area contributed by atoms with Crippen LogP contribution in [-0.4, -0.2) is 48.3 Å². The van der Waals surface area contributed by atoms with E-state index in [1.807, 2.05) is 60.7 Å². The van der Waals surface area contributed by atoms with Crippen molar-refractivity contribution >= 4 is 5.91 Å². The van der Waals surface area contributed by atoms with E-state index in [0.29, 0.717) is 6.61 Å². The van der Waals surface area contributed by atoms with E-state index >= 15 is 0 Å². The van der Waals surface area contributed by atoms with E-state index in [4.69, 9.17) is 18.9 Å². The van der Waals surface area contributed by atoms with Crippen LogP contribution in [0.15, 0.2) is 60.7 Å². The normalized spacial score (nSPS) is 31.7. The summed E-state index contributed by atoms with van der Waals surface area (Å²) >= 11 is 0. The molecule has 29 heavy (non-hydrogen) atoms. The maximum atomic E-state index is 11.7. The Morgan fingerprint density at radius 2 is 1.79 bits per heavy atom. The lowest BCUT2D eigenvalue weighted by atomic mass is 9.95. The zero-order valence-corrected chi connectivity index (χ0v) is 16.1. The van der Waals surface area contributed by atoms with E-state index in [0.717, 1.165) is 11.1 Å². The lowest BCUT2D eigenvalue weighted by Gasteiger charge is -2.47. The molecule has 7 heteroatoms. The predicted molar refractivity (Wildman–Crippen MR) is 104 cm³/mol. The van der Waals surface area contributed by atoms with Gasteiger partial charge in [0.25, 0.3) is 0 Å². The van der Waals surface area contributed by atoms with Crippen molar-refractivity contribution in [2.75, 3.05) is 6.61 Å². The van der Waals surface area contributed by atoms with Gasteiger partial charge in [-0.05, 0) is 5.56 Å². The average Bonchev–Trinajstić information content (AvgIpc) is 2.75. The molecule has 2 heterocycles. The fourth-order valence-corrected chi connectivity index (χ4v) is 3.65. The topological polar surface area (TPSA) is 86.3 Å². The number of hydrogen-bond donors (Lipinski definition) is 2. The first-order valence-electron chi connectivity index (χ1n) is 9.70. The first-order chi connectivity index (χ1) is 14.1. The molecule has 0 aliphatic carbocycles. The highest BCUT2D eigenvalue weighted by Crippen LogP contribution is 2.34. The molecule has 7 nitrogen and oxygen atoms in total. The third-order valence-corrected chi connectivity index (χ3v) is 5.06. The molecule has 6 atom stereocenters. The summed E-state index contributed by atoms with van der Waals surface area (Å²) in [5.41, 5.74) is 1.83. The van der Waals surface area contributed by atoms with Crippen LogP contribution in [0.4, 0.5) is 0 Å². The molecule has 154 valence electrons. The van der Waals surface area contributed by atoms with E-state index < -0.39 is 36.9 Å². The minimum atomic E-state index is -1.01. The summed E-state index contributed by atoms with van der Waals surface area (Å²) < 4.78 is 23.8. The van der Waals surface area contributed by atoms with Crippen molar-refractivity contribution in [3.63, 3.8) is 0 Å². The fraction of sp³-hybridized carbons (Fsp3) is 0.409. The summed E-state index contributed by atoms with van der Waals surface area (Å²) in [7, 11) is 0. The van der Waals surface area contributed by atoms with Gasteiger partial charge in [0.05, 0.1) is 13.2 Å². The molecule has 0 spiro atoms. The lowest BCUT2D eigenvalue weighted by molar-refractivity contribution is -0.345. The van der Waals surface area contributed by atoms with Crippen LogP contribution in [0.5, 0.6) is 0 Å². The fourth-order valence-electron chi connectivity index (χ4n) is 3.65. The van der Waals surface area contributed by atoms with E-state index in [-0.39, 0.29) is 12.5 Å². The molecular formula is C22H25NO6. The van der Waals surface area contributed by atoms with Crippen molar-refractivity contribution in [3.8, 4) is 0 Å². The number of fused-ring (bicyclic) bond motifs is 1. The summed E-state index contributed by atoms with van der Waals surface area (Å²) in [6.07, 6.45) is -3.59. The molecule has 2 N–H and O–H groups in total. The number of carbonyl (C=O) groups excluding carboxylic acids is 1. The van der Waals surface area contributed by atoms with Crippen LogP contribution >= 0.6 is 0 Å². The standard InChI is InChI=1S/C22H25NO6/c1-14(24)23-18-19(25)20-17(13-27-21(29-20)16-10-6-3-7-11-16)28-22(18)26-12-15-8-4-2-5-9-15/h2-11,17-22,25H,12-13H2,1H3,(H,23,24)/t17-,18-,19+,20+,21+,22+/m0/s1. The summed E-state index contributed by atoms with van der Waals surface area (Å²) in [6, 6.07) is 18.4. The number of nitrogens with one attached hydrogen (secondary N) is 1. The number of benzene rings is 2. The molecule has 0 unspecified atom stereocenters. The second-order valence-corrected chi connectivity index (χ2v) is 7.23. The molecule has 2 aromatic carbocycles. The highest BCUT2D eigenvalue weighted by Gasteiger charge is 2.50. The van der Waals surface area contributed by atoms with Gasteiger partial charge in [-0.2, -0.15) is 0 Å². The predicted octanol–water partition coefficient (Wildman–Crippen LogP) is 1.91. The minimum Gasteiger partial charge on any atom is -0.388 e. The van der Waals surface area contributed by atoms with E-state index in [2.05, 4.69) is 5.32 Å². The Bertz CT molecular complexity index is 801. The Kier molecular flexibility index (Phi) is 6.22. The molecule has 4 rings (SSSR count). The zero-order valence-electron chi connectivity index (χ0n) is 16.1. The van der Waals surface area contributed by atoms with Gasteiger partial charge >= 0.3 is 0 Å². The maximum absolute atomic E-state index is 11.7. The molecule has 1 amide bonds. The number of amides is 1.